The molecular weight excluding hydrogens is 444 g/mol. The highest BCUT2D eigenvalue weighted by Crippen LogP contribution is 2.30. The topological polar surface area (TPSA) is 124 Å². The molecule has 2 aromatic heterocycles. The summed E-state index contributed by atoms with van der Waals surface area (Å²) >= 11 is 6.24. The van der Waals surface area contributed by atoms with Crippen LogP contribution in [0.25, 0.3) is 11.3 Å². The summed E-state index contributed by atoms with van der Waals surface area (Å²) in [5.74, 6) is 0.339. The number of nitrogens with zero attached hydrogens (tertiary/aromatic N) is 4. The van der Waals surface area contributed by atoms with Crippen LogP contribution in [0.1, 0.15) is 49.0 Å². The number of amides is 2. The first-order valence-corrected chi connectivity index (χ1v) is 11.6. The summed E-state index contributed by atoms with van der Waals surface area (Å²) in [4.78, 5) is 31.4. The molecule has 0 spiro atoms. The SMILES string of the molecule is COc1cc(-c2cc(C(=O)N3CCC(C(=O)NC4CCC(C#N)CC4)CC3)[nH]n2)c(Cl)cn1. The van der Waals surface area contributed by atoms with Crippen molar-refractivity contribution in [2.24, 2.45) is 11.8 Å². The molecule has 0 unspecified atom stereocenters. The molecule has 33 heavy (non-hydrogen) atoms. The molecule has 0 aromatic carbocycles. The monoisotopic (exact) mass is 470 g/mol. The maximum Gasteiger partial charge on any atom is 0.271 e. The van der Waals surface area contributed by atoms with E-state index in [4.69, 9.17) is 21.6 Å². The molecule has 2 aromatic rings. The summed E-state index contributed by atoms with van der Waals surface area (Å²) in [7, 11) is 1.52. The number of carbonyl (C=O) groups excluding carboxylic acids is 2. The molecule has 1 aliphatic heterocycles. The van der Waals surface area contributed by atoms with Crippen LogP contribution in [0, 0.1) is 23.2 Å². The third-order valence-corrected chi connectivity index (χ3v) is 6.83. The van der Waals surface area contributed by atoms with E-state index < -0.39 is 0 Å². The maximum absolute atomic E-state index is 13.0. The van der Waals surface area contributed by atoms with Crippen LogP contribution in [0.4, 0.5) is 0 Å². The van der Waals surface area contributed by atoms with E-state index in [1.54, 1.807) is 17.0 Å². The number of likely N-dealkylation sites (tertiary alicyclic amines) is 1. The minimum Gasteiger partial charge on any atom is -0.481 e. The lowest BCUT2D eigenvalue weighted by molar-refractivity contribution is -0.127. The first kappa shape index (κ1) is 23.1. The van der Waals surface area contributed by atoms with Gasteiger partial charge in [0.05, 0.1) is 30.1 Å². The molecule has 2 N–H and O–H groups in total. The number of methoxy groups -OCH3 is 1. The van der Waals surface area contributed by atoms with E-state index in [0.29, 0.717) is 53.8 Å². The zero-order valence-corrected chi connectivity index (χ0v) is 19.3. The number of hydrogen-bond donors (Lipinski definition) is 2. The number of halogens is 1. The Morgan fingerprint density at radius 3 is 2.61 bits per heavy atom. The van der Waals surface area contributed by atoms with Crippen molar-refractivity contribution < 1.29 is 14.3 Å². The molecule has 9 nitrogen and oxygen atoms in total. The van der Waals surface area contributed by atoms with Gasteiger partial charge in [0, 0.05) is 42.6 Å². The van der Waals surface area contributed by atoms with E-state index in [1.165, 1.54) is 13.3 Å². The van der Waals surface area contributed by atoms with Crippen LogP contribution in [0.5, 0.6) is 5.88 Å². The van der Waals surface area contributed by atoms with Gasteiger partial charge in [-0.15, -0.1) is 0 Å². The molecule has 1 saturated carbocycles. The second-order valence-electron chi connectivity index (χ2n) is 8.63. The summed E-state index contributed by atoms with van der Waals surface area (Å²) in [6.45, 7) is 1.02. The van der Waals surface area contributed by atoms with Crippen LogP contribution in [-0.2, 0) is 4.79 Å². The Kier molecular flexibility index (Phi) is 7.14. The third-order valence-electron chi connectivity index (χ3n) is 6.53. The van der Waals surface area contributed by atoms with E-state index >= 15 is 0 Å². The molecular formula is C23H27ClN6O3. The van der Waals surface area contributed by atoms with Gasteiger partial charge in [0.1, 0.15) is 5.69 Å². The zero-order chi connectivity index (χ0) is 23.4. The molecule has 0 atom stereocenters. The van der Waals surface area contributed by atoms with Crippen molar-refractivity contribution in [1.29, 1.82) is 5.26 Å². The smallest absolute Gasteiger partial charge is 0.271 e. The standard InChI is InChI=1S/C23H27ClN6O3/c1-33-21-10-17(18(24)13-26-21)19-11-20(29-28-19)23(32)30-8-6-15(7-9-30)22(31)27-16-4-2-14(12-25)3-5-16/h10-11,13-16H,2-9H2,1H3,(H,27,31)(H,28,29). The summed E-state index contributed by atoms with van der Waals surface area (Å²) in [5.41, 5.74) is 1.52. The number of aromatic amines is 1. The highest BCUT2D eigenvalue weighted by molar-refractivity contribution is 6.33. The molecule has 0 radical (unpaired) electrons. The molecule has 2 fully saturated rings. The fraction of sp³-hybridized carbons (Fsp3) is 0.522. The molecule has 1 aliphatic carbocycles. The van der Waals surface area contributed by atoms with Crippen molar-refractivity contribution >= 4 is 23.4 Å². The minimum absolute atomic E-state index is 0.0626. The Hall–Kier alpha value is -3.12. The van der Waals surface area contributed by atoms with Gasteiger partial charge in [0.25, 0.3) is 5.91 Å². The number of pyridine rings is 1. The molecule has 3 heterocycles. The summed E-state index contributed by atoms with van der Waals surface area (Å²) in [5, 5.41) is 19.6. The average Bonchev–Trinajstić information content (AvgIpc) is 3.34. The number of aromatic nitrogens is 3. The van der Waals surface area contributed by atoms with E-state index in [9.17, 15) is 9.59 Å². The van der Waals surface area contributed by atoms with Crippen molar-refractivity contribution in [3.63, 3.8) is 0 Å². The first-order chi connectivity index (χ1) is 16.0. The summed E-state index contributed by atoms with van der Waals surface area (Å²) < 4.78 is 5.14. The lowest BCUT2D eigenvalue weighted by atomic mass is 9.86. The Bertz CT molecular complexity index is 1050. The number of hydrogen-bond acceptors (Lipinski definition) is 6. The van der Waals surface area contributed by atoms with Crippen molar-refractivity contribution in [1.82, 2.24) is 25.4 Å². The predicted octanol–water partition coefficient (Wildman–Crippen LogP) is 3.18. The quantitative estimate of drug-likeness (QED) is 0.691. The maximum atomic E-state index is 13.0. The number of carbonyl (C=O) groups is 2. The lowest BCUT2D eigenvalue weighted by Gasteiger charge is -2.33. The number of nitriles is 1. The Morgan fingerprint density at radius 1 is 1.21 bits per heavy atom. The van der Waals surface area contributed by atoms with Gasteiger partial charge >= 0.3 is 0 Å². The molecule has 2 amide bonds. The Labute approximate surface area is 197 Å². The zero-order valence-electron chi connectivity index (χ0n) is 18.5. The fourth-order valence-corrected chi connectivity index (χ4v) is 4.70. The van der Waals surface area contributed by atoms with Crippen molar-refractivity contribution in [3.05, 3.63) is 29.0 Å². The van der Waals surface area contributed by atoms with Crippen LogP contribution in [-0.4, -0.2) is 58.1 Å². The Morgan fingerprint density at radius 2 is 1.94 bits per heavy atom. The second-order valence-corrected chi connectivity index (χ2v) is 9.03. The number of ether oxygens (including phenoxy) is 1. The van der Waals surface area contributed by atoms with Crippen LogP contribution in [0.3, 0.4) is 0 Å². The van der Waals surface area contributed by atoms with Gasteiger partial charge in [-0.25, -0.2) is 4.98 Å². The van der Waals surface area contributed by atoms with E-state index in [0.717, 1.165) is 25.7 Å². The molecule has 4 rings (SSSR count). The fourth-order valence-electron chi connectivity index (χ4n) is 4.50. The lowest BCUT2D eigenvalue weighted by Crippen LogP contribution is -2.46. The highest BCUT2D eigenvalue weighted by atomic mass is 35.5. The average molecular weight is 471 g/mol. The largest absolute Gasteiger partial charge is 0.481 e. The van der Waals surface area contributed by atoms with Crippen LogP contribution < -0.4 is 10.1 Å². The van der Waals surface area contributed by atoms with Gasteiger partial charge in [-0.2, -0.15) is 10.4 Å². The van der Waals surface area contributed by atoms with Gasteiger partial charge in [0.15, 0.2) is 0 Å². The molecule has 1 saturated heterocycles. The number of H-pyrrole nitrogens is 1. The normalized spacial score (nSPS) is 21.3. The summed E-state index contributed by atoms with van der Waals surface area (Å²) in [6, 6.07) is 5.81. The van der Waals surface area contributed by atoms with Gasteiger partial charge in [0.2, 0.25) is 11.8 Å². The predicted molar refractivity (Wildman–Crippen MR) is 122 cm³/mol. The molecule has 10 heteroatoms. The van der Waals surface area contributed by atoms with Crippen LogP contribution in [0.15, 0.2) is 18.3 Å². The molecule has 2 aliphatic rings. The minimum atomic E-state index is -0.153. The third kappa shape index (κ3) is 5.28. The Balaban J connectivity index is 1.31. The van der Waals surface area contributed by atoms with E-state index in [-0.39, 0.29) is 29.7 Å². The first-order valence-electron chi connectivity index (χ1n) is 11.2. The van der Waals surface area contributed by atoms with Gasteiger partial charge < -0.3 is 15.0 Å². The van der Waals surface area contributed by atoms with Gasteiger partial charge in [-0.1, -0.05) is 11.6 Å². The van der Waals surface area contributed by atoms with Gasteiger partial charge in [-0.05, 0) is 44.6 Å². The molecule has 0 bridgehead atoms. The van der Waals surface area contributed by atoms with Crippen molar-refractivity contribution in [3.8, 4) is 23.2 Å². The summed E-state index contributed by atoms with van der Waals surface area (Å²) in [6.07, 6.45) is 6.14. The van der Waals surface area contributed by atoms with E-state index in [1.807, 2.05) is 0 Å². The van der Waals surface area contributed by atoms with Gasteiger partial charge in [-0.3, -0.25) is 14.7 Å². The van der Waals surface area contributed by atoms with Crippen molar-refractivity contribution in [2.45, 2.75) is 44.6 Å². The van der Waals surface area contributed by atoms with Crippen molar-refractivity contribution in [2.75, 3.05) is 20.2 Å². The number of rotatable bonds is 5. The number of piperidine rings is 1. The highest BCUT2D eigenvalue weighted by Gasteiger charge is 2.30. The van der Waals surface area contributed by atoms with Crippen LogP contribution >= 0.6 is 11.6 Å². The molecule has 174 valence electrons. The van der Waals surface area contributed by atoms with E-state index in [2.05, 4.69) is 26.6 Å². The number of nitrogens with one attached hydrogen (secondary N) is 2. The second kappa shape index (κ2) is 10.2. The van der Waals surface area contributed by atoms with Crippen LogP contribution in [0.2, 0.25) is 5.02 Å².